The molecule has 1 N–H and O–H groups in total. The summed E-state index contributed by atoms with van der Waals surface area (Å²) in [4.78, 5) is 25.2. The first-order valence-electron chi connectivity index (χ1n) is 6.17. The van der Waals surface area contributed by atoms with Crippen LogP contribution < -0.4 is 0 Å². The minimum atomic E-state index is -0.934. The second-order valence-electron chi connectivity index (χ2n) is 4.67. The highest BCUT2D eigenvalue weighted by Gasteiger charge is 2.35. The van der Waals surface area contributed by atoms with Gasteiger partial charge in [-0.3, -0.25) is 4.79 Å². The van der Waals surface area contributed by atoms with Gasteiger partial charge in [0, 0.05) is 13.0 Å². The first kappa shape index (κ1) is 13.9. The van der Waals surface area contributed by atoms with E-state index >= 15 is 0 Å². The molecular formula is C14H17NO3S. The molecule has 5 heteroatoms. The predicted molar refractivity (Wildman–Crippen MR) is 75.1 cm³/mol. The van der Waals surface area contributed by atoms with E-state index in [-0.39, 0.29) is 11.2 Å². The maximum absolute atomic E-state index is 12.3. The van der Waals surface area contributed by atoms with Crippen LogP contribution in [-0.4, -0.2) is 39.4 Å². The second kappa shape index (κ2) is 5.65. The number of aliphatic carboxylic acids is 1. The van der Waals surface area contributed by atoms with Crippen molar-refractivity contribution in [3.8, 4) is 0 Å². The van der Waals surface area contributed by atoms with Gasteiger partial charge >= 0.3 is 5.97 Å². The van der Waals surface area contributed by atoms with Crippen molar-refractivity contribution in [3.63, 3.8) is 0 Å². The summed E-state index contributed by atoms with van der Waals surface area (Å²) in [6, 6.07) is 6.96. The van der Waals surface area contributed by atoms with Gasteiger partial charge in [-0.1, -0.05) is 24.3 Å². The van der Waals surface area contributed by atoms with Crippen LogP contribution in [0.25, 0.3) is 0 Å². The molecule has 1 heterocycles. The number of hydrogen-bond donors (Lipinski definition) is 1. The molecule has 2 rings (SSSR count). The third-order valence-corrected chi connectivity index (χ3v) is 4.43. The minimum absolute atomic E-state index is 0.102. The molecule has 1 aromatic carbocycles. The number of hydrogen-bond acceptors (Lipinski definition) is 3. The number of carbonyl (C=O) groups excluding carboxylic acids is 1. The van der Waals surface area contributed by atoms with Gasteiger partial charge in [-0.2, -0.15) is 11.8 Å². The Morgan fingerprint density at radius 1 is 1.37 bits per heavy atom. The average Bonchev–Trinajstić information content (AvgIpc) is 2.44. The van der Waals surface area contributed by atoms with Gasteiger partial charge in [-0.15, -0.1) is 0 Å². The Balaban J connectivity index is 2.31. The van der Waals surface area contributed by atoms with Gasteiger partial charge in [0.15, 0.2) is 0 Å². The Hall–Kier alpha value is -1.49. The summed E-state index contributed by atoms with van der Waals surface area (Å²) < 4.78 is 0. The Labute approximate surface area is 116 Å². The Bertz CT molecular complexity index is 503. The molecule has 102 valence electrons. The molecule has 2 unspecified atom stereocenters. The molecule has 1 aliphatic rings. The summed E-state index contributed by atoms with van der Waals surface area (Å²) in [6.45, 7) is 2.20. The van der Waals surface area contributed by atoms with E-state index in [2.05, 4.69) is 0 Å². The first-order valence-corrected chi connectivity index (χ1v) is 7.46. The molecule has 0 saturated heterocycles. The quantitative estimate of drug-likeness (QED) is 0.916. The molecule has 0 fully saturated rings. The van der Waals surface area contributed by atoms with E-state index < -0.39 is 12.0 Å². The van der Waals surface area contributed by atoms with Crippen molar-refractivity contribution in [2.24, 2.45) is 0 Å². The number of nitrogens with zero attached hydrogens (tertiary/aromatic N) is 1. The normalized spacial score (nSPS) is 19.7. The van der Waals surface area contributed by atoms with Crippen LogP contribution in [-0.2, 0) is 22.6 Å². The highest BCUT2D eigenvalue weighted by Crippen LogP contribution is 2.25. The van der Waals surface area contributed by atoms with Crippen molar-refractivity contribution in [2.45, 2.75) is 31.2 Å². The lowest BCUT2D eigenvalue weighted by Gasteiger charge is -2.35. The number of carboxylic acids is 1. The van der Waals surface area contributed by atoms with Crippen molar-refractivity contribution in [1.29, 1.82) is 0 Å². The van der Waals surface area contributed by atoms with Gasteiger partial charge < -0.3 is 10.0 Å². The molecule has 0 bridgehead atoms. The van der Waals surface area contributed by atoms with Crippen molar-refractivity contribution < 1.29 is 14.7 Å². The van der Waals surface area contributed by atoms with Gasteiger partial charge in [0.2, 0.25) is 5.91 Å². The van der Waals surface area contributed by atoms with Gasteiger partial charge in [0.25, 0.3) is 0 Å². The molecule has 1 aliphatic heterocycles. The van der Waals surface area contributed by atoms with Crippen LogP contribution in [0.2, 0.25) is 0 Å². The monoisotopic (exact) mass is 279 g/mol. The Kier molecular flexibility index (Phi) is 4.14. The van der Waals surface area contributed by atoms with Gasteiger partial charge in [0.1, 0.15) is 6.04 Å². The number of rotatable bonds is 3. The molecule has 1 amide bonds. The zero-order valence-electron chi connectivity index (χ0n) is 11.0. The van der Waals surface area contributed by atoms with Crippen molar-refractivity contribution in [3.05, 3.63) is 35.4 Å². The predicted octanol–water partition coefficient (Wildman–Crippen LogP) is 1.78. The van der Waals surface area contributed by atoms with E-state index in [0.717, 1.165) is 11.1 Å². The number of thioether (sulfide) groups is 1. The second-order valence-corrected chi connectivity index (χ2v) is 5.85. The van der Waals surface area contributed by atoms with Gasteiger partial charge in [-0.05, 0) is 24.3 Å². The number of carbonyl (C=O) groups is 2. The fourth-order valence-corrected chi connectivity index (χ4v) is 2.65. The fraction of sp³-hybridized carbons (Fsp3) is 0.429. The number of fused-ring (bicyclic) bond motifs is 1. The van der Waals surface area contributed by atoms with Gasteiger partial charge in [0.05, 0.1) is 5.25 Å². The fourth-order valence-electron chi connectivity index (χ4n) is 2.31. The summed E-state index contributed by atoms with van der Waals surface area (Å²) in [5, 5.41) is 9.12. The zero-order chi connectivity index (χ0) is 14.0. The lowest BCUT2D eigenvalue weighted by atomic mass is 9.94. The van der Waals surface area contributed by atoms with E-state index in [1.165, 1.54) is 16.7 Å². The lowest BCUT2D eigenvalue weighted by Crippen LogP contribution is -2.50. The molecule has 0 aliphatic carbocycles. The summed E-state index contributed by atoms with van der Waals surface area (Å²) in [7, 11) is 0. The molecular weight excluding hydrogens is 262 g/mol. The summed E-state index contributed by atoms with van der Waals surface area (Å²) in [6.07, 6.45) is 2.24. The highest BCUT2D eigenvalue weighted by molar-refractivity contribution is 7.99. The molecule has 2 atom stereocenters. The summed E-state index contributed by atoms with van der Waals surface area (Å²) >= 11 is 1.44. The molecule has 0 aromatic heterocycles. The Morgan fingerprint density at radius 3 is 2.58 bits per heavy atom. The summed E-state index contributed by atoms with van der Waals surface area (Å²) in [5.74, 6) is -1.04. The number of amides is 1. The third kappa shape index (κ3) is 2.76. The molecule has 1 aromatic rings. The van der Waals surface area contributed by atoms with Crippen LogP contribution in [0.4, 0.5) is 0 Å². The standard InChI is InChI=1S/C14H17NO3S/c1-9(19-2)13(16)15-8-11-6-4-3-5-10(11)7-12(15)14(17)18/h3-6,9,12H,7-8H2,1-2H3,(H,17,18). The van der Waals surface area contributed by atoms with Crippen LogP contribution in [0.5, 0.6) is 0 Å². The SMILES string of the molecule is CSC(C)C(=O)N1Cc2ccccc2CC1C(=O)O. The highest BCUT2D eigenvalue weighted by atomic mass is 32.2. The van der Waals surface area contributed by atoms with Crippen LogP contribution in [0.1, 0.15) is 18.1 Å². The van der Waals surface area contributed by atoms with E-state index in [0.29, 0.717) is 13.0 Å². The number of benzene rings is 1. The van der Waals surface area contributed by atoms with E-state index in [1.807, 2.05) is 37.4 Å². The topological polar surface area (TPSA) is 57.6 Å². The lowest BCUT2D eigenvalue weighted by molar-refractivity contribution is -0.151. The number of carboxylic acid groups (broad SMARTS) is 1. The first-order chi connectivity index (χ1) is 9.04. The van der Waals surface area contributed by atoms with Crippen LogP contribution in [0.15, 0.2) is 24.3 Å². The maximum atomic E-state index is 12.3. The smallest absolute Gasteiger partial charge is 0.326 e. The van der Waals surface area contributed by atoms with Crippen molar-refractivity contribution in [1.82, 2.24) is 4.90 Å². The zero-order valence-corrected chi connectivity index (χ0v) is 11.8. The third-order valence-electron chi connectivity index (χ3n) is 3.52. The van der Waals surface area contributed by atoms with Crippen LogP contribution in [0, 0.1) is 0 Å². The largest absolute Gasteiger partial charge is 0.480 e. The van der Waals surface area contributed by atoms with E-state index in [4.69, 9.17) is 0 Å². The minimum Gasteiger partial charge on any atom is -0.480 e. The molecule has 4 nitrogen and oxygen atoms in total. The molecule has 0 saturated carbocycles. The summed E-state index contributed by atoms with van der Waals surface area (Å²) in [5.41, 5.74) is 2.07. The van der Waals surface area contributed by atoms with Gasteiger partial charge in [-0.25, -0.2) is 4.79 Å². The van der Waals surface area contributed by atoms with Crippen molar-refractivity contribution in [2.75, 3.05) is 6.26 Å². The molecule has 0 spiro atoms. The Morgan fingerprint density at radius 2 is 2.00 bits per heavy atom. The molecule has 19 heavy (non-hydrogen) atoms. The van der Waals surface area contributed by atoms with Crippen LogP contribution >= 0.6 is 11.8 Å². The van der Waals surface area contributed by atoms with E-state index in [1.54, 1.807) is 0 Å². The average molecular weight is 279 g/mol. The van der Waals surface area contributed by atoms with Crippen molar-refractivity contribution >= 4 is 23.6 Å². The maximum Gasteiger partial charge on any atom is 0.326 e. The van der Waals surface area contributed by atoms with E-state index in [9.17, 15) is 14.7 Å². The van der Waals surface area contributed by atoms with Crippen LogP contribution in [0.3, 0.4) is 0 Å². The molecule has 0 radical (unpaired) electrons.